The Balaban J connectivity index is 2.33. The number of halogens is 1. The summed E-state index contributed by atoms with van der Waals surface area (Å²) in [6.07, 6.45) is 2.37. The molecule has 0 N–H and O–H groups in total. The van der Waals surface area contributed by atoms with E-state index in [1.165, 1.54) is 11.5 Å². The summed E-state index contributed by atoms with van der Waals surface area (Å²) in [6, 6.07) is 0. The van der Waals surface area contributed by atoms with Gasteiger partial charge in [0.2, 0.25) is 0 Å². The average Bonchev–Trinajstić information content (AvgIpc) is 1.65. The first-order valence-corrected chi connectivity index (χ1v) is 7.64. The number of hydrogen-bond acceptors (Lipinski definition) is 1. The third-order valence-corrected chi connectivity index (χ3v) is 5.98. The first kappa shape index (κ1) is 7.15. The molecule has 0 unspecified atom stereocenters. The molecule has 0 aromatic rings. The van der Waals surface area contributed by atoms with Crippen molar-refractivity contribution in [3.05, 3.63) is 0 Å². The van der Waals surface area contributed by atoms with Crippen LogP contribution >= 0.6 is 28.4 Å². The van der Waals surface area contributed by atoms with Gasteiger partial charge in [-0.05, 0) is 27.5 Å². The number of rotatable bonds is 0. The van der Waals surface area contributed by atoms with Crippen molar-refractivity contribution < 1.29 is 4.74 Å². The maximum Gasteiger partial charge on any atom is 0.0549 e. The van der Waals surface area contributed by atoms with Crippen molar-refractivity contribution in [2.45, 2.75) is 0 Å². The maximum atomic E-state index is 5.22. The fourth-order valence-corrected chi connectivity index (χ4v) is 2.88. The monoisotopic (exact) mass is 246 g/mol. The predicted molar refractivity (Wildman–Crippen MR) is 48.1 cm³/mol. The van der Waals surface area contributed by atoms with Gasteiger partial charge in [0, 0.05) is 11.5 Å². The van der Waals surface area contributed by atoms with Crippen molar-refractivity contribution in [1.29, 1.82) is 0 Å². The van der Waals surface area contributed by atoms with Gasteiger partial charge in [-0.25, -0.2) is 0 Å². The van der Waals surface area contributed by atoms with Crippen molar-refractivity contribution in [2.75, 3.05) is 31.0 Å². The van der Waals surface area contributed by atoms with E-state index in [1.807, 2.05) is 0 Å². The van der Waals surface area contributed by atoms with Crippen LogP contribution in [0.4, 0.5) is 0 Å². The molecule has 1 heterocycles. The van der Waals surface area contributed by atoms with Gasteiger partial charge < -0.3 is 4.74 Å². The molecule has 0 aliphatic carbocycles. The van der Waals surface area contributed by atoms with Crippen LogP contribution in [0.5, 0.6) is 0 Å². The second kappa shape index (κ2) is 2.75. The highest BCUT2D eigenvalue weighted by atomic mass is 127. The molecule has 0 saturated carbocycles. The minimum absolute atomic E-state index is 0.238. The smallest absolute Gasteiger partial charge is 0.0549 e. The Kier molecular flexibility index (Phi) is 2.46. The van der Waals surface area contributed by atoms with Crippen molar-refractivity contribution in [2.24, 2.45) is 0 Å². The summed E-state index contributed by atoms with van der Waals surface area (Å²) in [5.41, 5.74) is 0. The average molecular weight is 246 g/mol. The summed E-state index contributed by atoms with van der Waals surface area (Å²) < 4.78 is 5.22. The molecule has 0 radical (unpaired) electrons. The summed E-state index contributed by atoms with van der Waals surface area (Å²) in [7, 11) is -0.238. The first-order chi connectivity index (χ1) is 3.71. The molecule has 0 amide bonds. The van der Waals surface area contributed by atoms with Gasteiger partial charge in [-0.2, -0.15) is 7.20 Å². The summed E-state index contributed by atoms with van der Waals surface area (Å²) in [4.78, 5) is 0. The highest BCUT2D eigenvalue weighted by Crippen LogP contribution is 2.53. The Morgan fingerprint density at radius 3 is 2.12 bits per heavy atom. The minimum atomic E-state index is -0.238. The molecule has 0 aromatic carbocycles. The van der Waals surface area contributed by atoms with Gasteiger partial charge in [0.15, 0.2) is 0 Å². The topological polar surface area (TPSA) is 9.23 Å². The molecule has 1 aliphatic heterocycles. The highest BCUT2D eigenvalue weighted by Gasteiger charge is 2.17. The molecule has 50 valence electrons. The van der Waals surface area contributed by atoms with E-state index in [0.29, 0.717) is 0 Å². The lowest BCUT2D eigenvalue weighted by Crippen LogP contribution is -2.18. The van der Waals surface area contributed by atoms with E-state index in [2.05, 4.69) is 27.5 Å². The van der Waals surface area contributed by atoms with E-state index < -0.39 is 0 Å². The number of ether oxygens (including phenoxy) is 1. The molecular formula is C5H11IOS. The van der Waals surface area contributed by atoms with Gasteiger partial charge >= 0.3 is 0 Å². The Labute approximate surface area is 64.1 Å². The van der Waals surface area contributed by atoms with Gasteiger partial charge in [-0.15, -0.1) is 0 Å². The van der Waals surface area contributed by atoms with E-state index >= 15 is 0 Å². The second-order valence-electron chi connectivity index (χ2n) is 2.17. The zero-order valence-electron chi connectivity index (χ0n) is 5.02. The van der Waals surface area contributed by atoms with Crippen LogP contribution in [0, 0.1) is 0 Å². The predicted octanol–water partition coefficient (Wildman–Crippen LogP) is 1.80. The Bertz CT molecular complexity index is 76.5. The van der Waals surface area contributed by atoms with Gasteiger partial charge in [0.1, 0.15) is 0 Å². The Morgan fingerprint density at radius 1 is 1.38 bits per heavy atom. The Hall–Kier alpha value is 1.04. The SMILES string of the molecule is CS1(I)CCOCC1. The molecule has 1 aliphatic rings. The molecular weight excluding hydrogens is 235 g/mol. The van der Waals surface area contributed by atoms with Crippen LogP contribution in [0.1, 0.15) is 0 Å². The summed E-state index contributed by atoms with van der Waals surface area (Å²) in [5, 5.41) is 0. The third kappa shape index (κ3) is 2.11. The van der Waals surface area contributed by atoms with Crippen molar-refractivity contribution in [3.63, 3.8) is 0 Å². The fourth-order valence-electron chi connectivity index (χ4n) is 0.669. The van der Waals surface area contributed by atoms with Crippen molar-refractivity contribution in [1.82, 2.24) is 0 Å². The molecule has 1 rings (SSSR count). The zero-order valence-corrected chi connectivity index (χ0v) is 8.00. The highest BCUT2D eigenvalue weighted by molar-refractivity contribution is 14.2. The van der Waals surface area contributed by atoms with Crippen LogP contribution in [-0.4, -0.2) is 31.0 Å². The van der Waals surface area contributed by atoms with Crippen LogP contribution < -0.4 is 0 Å². The van der Waals surface area contributed by atoms with Crippen LogP contribution in [0.2, 0.25) is 0 Å². The molecule has 0 atom stereocenters. The quantitative estimate of drug-likeness (QED) is 0.592. The molecule has 1 fully saturated rings. The summed E-state index contributed by atoms with van der Waals surface area (Å²) in [5.74, 6) is 2.60. The lowest BCUT2D eigenvalue weighted by Gasteiger charge is -2.32. The lowest BCUT2D eigenvalue weighted by molar-refractivity contribution is 0.160. The normalized spacial score (nSPS) is 31.8. The van der Waals surface area contributed by atoms with E-state index in [4.69, 9.17) is 4.74 Å². The molecule has 3 heteroatoms. The fraction of sp³-hybridized carbons (Fsp3) is 1.00. The maximum absolute atomic E-state index is 5.22. The molecule has 1 saturated heterocycles. The Morgan fingerprint density at radius 2 is 1.88 bits per heavy atom. The van der Waals surface area contributed by atoms with E-state index in [1.54, 1.807) is 0 Å². The molecule has 8 heavy (non-hydrogen) atoms. The van der Waals surface area contributed by atoms with Gasteiger partial charge in [-0.1, -0.05) is 0 Å². The van der Waals surface area contributed by atoms with Crippen LogP contribution in [-0.2, 0) is 4.74 Å². The van der Waals surface area contributed by atoms with Gasteiger partial charge in [-0.3, -0.25) is 0 Å². The minimum Gasteiger partial charge on any atom is -0.380 e. The first-order valence-electron chi connectivity index (χ1n) is 2.72. The standard InChI is InChI=1S/C5H11IOS/c1-8(6)4-2-7-3-5-8/h2-5H2,1H3. The van der Waals surface area contributed by atoms with Crippen molar-refractivity contribution >= 4 is 28.4 Å². The number of hydrogen-bond donors (Lipinski definition) is 0. The molecule has 0 aromatic heterocycles. The molecule has 0 bridgehead atoms. The zero-order chi connectivity index (χ0) is 6.04. The van der Waals surface area contributed by atoms with E-state index in [0.717, 1.165) is 13.2 Å². The van der Waals surface area contributed by atoms with Crippen LogP contribution in [0.15, 0.2) is 0 Å². The van der Waals surface area contributed by atoms with Gasteiger partial charge in [0.25, 0.3) is 0 Å². The molecule has 1 nitrogen and oxygen atoms in total. The van der Waals surface area contributed by atoms with Crippen molar-refractivity contribution in [3.8, 4) is 0 Å². The van der Waals surface area contributed by atoms with E-state index in [-0.39, 0.29) is 7.20 Å². The van der Waals surface area contributed by atoms with Crippen LogP contribution in [0.3, 0.4) is 0 Å². The van der Waals surface area contributed by atoms with Gasteiger partial charge in [0.05, 0.1) is 13.2 Å². The van der Waals surface area contributed by atoms with Crippen LogP contribution in [0.25, 0.3) is 0 Å². The lowest BCUT2D eigenvalue weighted by atomic mass is 10.8. The third-order valence-electron chi connectivity index (χ3n) is 1.31. The summed E-state index contributed by atoms with van der Waals surface area (Å²) >= 11 is 2.59. The van der Waals surface area contributed by atoms with E-state index in [9.17, 15) is 0 Å². The second-order valence-corrected chi connectivity index (χ2v) is 11.7. The summed E-state index contributed by atoms with van der Waals surface area (Å²) in [6.45, 7) is 1.99. The molecule has 0 spiro atoms. The largest absolute Gasteiger partial charge is 0.380 e.